The van der Waals surface area contributed by atoms with E-state index < -0.39 is 0 Å². The Labute approximate surface area is 151 Å². The molecule has 0 saturated carbocycles. The van der Waals surface area contributed by atoms with Gasteiger partial charge in [-0.2, -0.15) is 0 Å². The first-order valence-electron chi connectivity index (χ1n) is 9.61. The van der Waals surface area contributed by atoms with Crippen molar-refractivity contribution in [2.45, 2.75) is 58.5 Å². The van der Waals surface area contributed by atoms with Gasteiger partial charge in [0.2, 0.25) is 0 Å². The normalized spacial score (nSPS) is 17.1. The Morgan fingerprint density at radius 1 is 1.32 bits per heavy atom. The number of nitrogens with zero attached hydrogens (tertiary/aromatic N) is 2. The smallest absolute Gasteiger partial charge is 0.191 e. The standard InChI is InChI=1S/C20H33FN4/c1-4-22-20(24-19-10-13-25(14-11-19)16(2)3)23-12-6-8-17-7-5-9-18(21)15-17/h5,7,9,15-16,19H,4,6,8,10-14H2,1-3H3,(H2,22,23,24). The summed E-state index contributed by atoms with van der Waals surface area (Å²) in [6, 6.07) is 7.96. The van der Waals surface area contributed by atoms with E-state index in [4.69, 9.17) is 0 Å². The summed E-state index contributed by atoms with van der Waals surface area (Å²) >= 11 is 0. The van der Waals surface area contributed by atoms with E-state index >= 15 is 0 Å². The molecular weight excluding hydrogens is 315 g/mol. The Hall–Kier alpha value is -1.62. The molecule has 0 aromatic heterocycles. The maximum absolute atomic E-state index is 13.2. The summed E-state index contributed by atoms with van der Waals surface area (Å²) in [5, 5.41) is 6.91. The van der Waals surface area contributed by atoms with Crippen molar-refractivity contribution in [1.29, 1.82) is 0 Å². The lowest BCUT2D eigenvalue weighted by atomic mass is 10.0. The minimum Gasteiger partial charge on any atom is -0.357 e. The van der Waals surface area contributed by atoms with Crippen LogP contribution in [-0.2, 0) is 6.42 Å². The van der Waals surface area contributed by atoms with E-state index in [1.165, 1.54) is 6.07 Å². The molecule has 1 saturated heterocycles. The highest BCUT2D eigenvalue weighted by Crippen LogP contribution is 2.13. The van der Waals surface area contributed by atoms with Crippen LogP contribution in [0.4, 0.5) is 4.39 Å². The van der Waals surface area contributed by atoms with E-state index in [9.17, 15) is 4.39 Å². The maximum atomic E-state index is 13.2. The summed E-state index contributed by atoms with van der Waals surface area (Å²) in [4.78, 5) is 7.22. The molecule has 0 aliphatic carbocycles. The topological polar surface area (TPSA) is 39.7 Å². The van der Waals surface area contributed by atoms with Gasteiger partial charge >= 0.3 is 0 Å². The SMILES string of the molecule is CCNC(=NCCCc1cccc(F)c1)NC1CCN(C(C)C)CC1. The third kappa shape index (κ3) is 7.02. The van der Waals surface area contributed by atoms with Gasteiger partial charge in [-0.05, 0) is 64.2 Å². The van der Waals surface area contributed by atoms with Crippen molar-refractivity contribution in [3.05, 3.63) is 35.6 Å². The van der Waals surface area contributed by atoms with Crippen molar-refractivity contribution in [3.8, 4) is 0 Å². The van der Waals surface area contributed by atoms with Gasteiger partial charge in [0.25, 0.3) is 0 Å². The van der Waals surface area contributed by atoms with Crippen molar-refractivity contribution >= 4 is 5.96 Å². The number of halogens is 1. The first-order chi connectivity index (χ1) is 12.1. The molecule has 0 radical (unpaired) electrons. The monoisotopic (exact) mass is 348 g/mol. The average Bonchev–Trinajstić information content (AvgIpc) is 2.59. The molecule has 4 nitrogen and oxygen atoms in total. The molecule has 1 aromatic rings. The number of likely N-dealkylation sites (tertiary alicyclic amines) is 1. The average molecular weight is 349 g/mol. The molecule has 5 heteroatoms. The minimum absolute atomic E-state index is 0.163. The van der Waals surface area contributed by atoms with Gasteiger partial charge in [-0.25, -0.2) is 4.39 Å². The Kier molecular flexibility index (Phi) is 8.19. The first kappa shape index (κ1) is 19.7. The van der Waals surface area contributed by atoms with E-state index in [2.05, 4.69) is 41.3 Å². The molecule has 1 fully saturated rings. The van der Waals surface area contributed by atoms with E-state index in [0.29, 0.717) is 12.1 Å². The molecule has 0 amide bonds. The fraction of sp³-hybridized carbons (Fsp3) is 0.650. The Balaban J connectivity index is 1.76. The van der Waals surface area contributed by atoms with Crippen molar-refractivity contribution in [3.63, 3.8) is 0 Å². The molecule has 0 unspecified atom stereocenters. The number of benzene rings is 1. The molecule has 0 atom stereocenters. The molecule has 2 rings (SSSR count). The fourth-order valence-electron chi connectivity index (χ4n) is 3.24. The Morgan fingerprint density at radius 2 is 2.08 bits per heavy atom. The number of piperidine rings is 1. The van der Waals surface area contributed by atoms with Gasteiger partial charge in [-0.1, -0.05) is 12.1 Å². The summed E-state index contributed by atoms with van der Waals surface area (Å²) in [5.74, 6) is 0.744. The molecule has 0 spiro atoms. The molecule has 0 bridgehead atoms. The number of hydrogen-bond acceptors (Lipinski definition) is 2. The van der Waals surface area contributed by atoms with Crippen molar-refractivity contribution < 1.29 is 4.39 Å². The third-order valence-electron chi connectivity index (χ3n) is 4.73. The van der Waals surface area contributed by atoms with Crippen LogP contribution in [0.3, 0.4) is 0 Å². The van der Waals surface area contributed by atoms with Crippen LogP contribution in [0.1, 0.15) is 45.6 Å². The zero-order chi connectivity index (χ0) is 18.1. The van der Waals surface area contributed by atoms with Crippen molar-refractivity contribution in [2.24, 2.45) is 4.99 Å². The van der Waals surface area contributed by atoms with Gasteiger partial charge in [0, 0.05) is 38.3 Å². The number of hydrogen-bond donors (Lipinski definition) is 2. The third-order valence-corrected chi connectivity index (χ3v) is 4.73. The van der Waals surface area contributed by atoms with Crippen LogP contribution in [0.2, 0.25) is 0 Å². The number of aliphatic imine (C=N–C) groups is 1. The van der Waals surface area contributed by atoms with Gasteiger partial charge in [0.05, 0.1) is 0 Å². The van der Waals surface area contributed by atoms with E-state index in [1.54, 1.807) is 12.1 Å². The second-order valence-corrected chi connectivity index (χ2v) is 7.04. The van der Waals surface area contributed by atoms with Crippen LogP contribution in [0, 0.1) is 5.82 Å². The van der Waals surface area contributed by atoms with Crippen LogP contribution in [-0.4, -0.2) is 49.1 Å². The molecule has 25 heavy (non-hydrogen) atoms. The van der Waals surface area contributed by atoms with E-state index in [-0.39, 0.29) is 5.82 Å². The van der Waals surface area contributed by atoms with Gasteiger partial charge in [0.1, 0.15) is 5.82 Å². The van der Waals surface area contributed by atoms with Crippen molar-refractivity contribution in [2.75, 3.05) is 26.2 Å². The summed E-state index contributed by atoms with van der Waals surface area (Å²) < 4.78 is 13.2. The van der Waals surface area contributed by atoms with Crippen LogP contribution in [0.25, 0.3) is 0 Å². The Morgan fingerprint density at radius 3 is 2.72 bits per heavy atom. The maximum Gasteiger partial charge on any atom is 0.191 e. The predicted molar refractivity (Wildman–Crippen MR) is 104 cm³/mol. The van der Waals surface area contributed by atoms with E-state index in [1.807, 2.05) is 6.07 Å². The molecule has 1 aliphatic heterocycles. The van der Waals surface area contributed by atoms with Gasteiger partial charge in [-0.3, -0.25) is 4.99 Å². The molecular formula is C20H33FN4. The number of aryl methyl sites for hydroxylation is 1. The van der Waals surface area contributed by atoms with Crippen molar-refractivity contribution in [1.82, 2.24) is 15.5 Å². The number of nitrogens with one attached hydrogen (secondary N) is 2. The van der Waals surface area contributed by atoms with Gasteiger partial charge in [-0.15, -0.1) is 0 Å². The van der Waals surface area contributed by atoms with Gasteiger partial charge in [0.15, 0.2) is 5.96 Å². The summed E-state index contributed by atoms with van der Waals surface area (Å²) in [6.45, 7) is 10.5. The quantitative estimate of drug-likeness (QED) is 0.452. The highest BCUT2D eigenvalue weighted by atomic mass is 19.1. The molecule has 1 heterocycles. The van der Waals surface area contributed by atoms with Crippen LogP contribution >= 0.6 is 0 Å². The first-order valence-corrected chi connectivity index (χ1v) is 9.61. The minimum atomic E-state index is -0.163. The lowest BCUT2D eigenvalue weighted by molar-refractivity contribution is 0.167. The van der Waals surface area contributed by atoms with Crippen LogP contribution in [0.5, 0.6) is 0 Å². The van der Waals surface area contributed by atoms with Gasteiger partial charge < -0.3 is 15.5 Å². The zero-order valence-electron chi connectivity index (χ0n) is 15.9. The molecule has 1 aromatic carbocycles. The van der Waals surface area contributed by atoms with E-state index in [0.717, 1.165) is 63.4 Å². The largest absolute Gasteiger partial charge is 0.357 e. The summed E-state index contributed by atoms with van der Waals surface area (Å²) in [5.41, 5.74) is 1.04. The number of guanidine groups is 1. The second kappa shape index (κ2) is 10.4. The molecule has 2 N–H and O–H groups in total. The van der Waals surface area contributed by atoms with Crippen LogP contribution < -0.4 is 10.6 Å². The lowest BCUT2D eigenvalue weighted by Crippen LogP contribution is -2.49. The lowest BCUT2D eigenvalue weighted by Gasteiger charge is -2.35. The highest BCUT2D eigenvalue weighted by Gasteiger charge is 2.21. The summed E-state index contributed by atoms with van der Waals surface area (Å²) in [7, 11) is 0. The second-order valence-electron chi connectivity index (χ2n) is 7.04. The van der Waals surface area contributed by atoms with Crippen LogP contribution in [0.15, 0.2) is 29.3 Å². The zero-order valence-corrected chi connectivity index (χ0v) is 15.9. The highest BCUT2D eigenvalue weighted by molar-refractivity contribution is 5.80. The number of rotatable bonds is 7. The molecule has 1 aliphatic rings. The molecule has 140 valence electrons. The predicted octanol–water partition coefficient (Wildman–Crippen LogP) is 3.19. The fourth-order valence-corrected chi connectivity index (χ4v) is 3.24. The summed E-state index contributed by atoms with van der Waals surface area (Å²) in [6.07, 6.45) is 4.09. The Bertz CT molecular complexity index is 536.